The summed E-state index contributed by atoms with van der Waals surface area (Å²) in [6.07, 6.45) is 0. The molecule has 0 bridgehead atoms. The second-order valence-electron chi connectivity index (χ2n) is 4.38. The fourth-order valence-electron chi connectivity index (χ4n) is 2.38. The zero-order valence-corrected chi connectivity index (χ0v) is 11.9. The second kappa shape index (κ2) is 5.40. The Hall–Kier alpha value is -2.24. The molecule has 0 saturated carbocycles. The van der Waals surface area contributed by atoms with Gasteiger partial charge in [0, 0.05) is 23.6 Å². The summed E-state index contributed by atoms with van der Waals surface area (Å²) in [5.74, 6) is 0.136. The van der Waals surface area contributed by atoms with E-state index in [4.69, 9.17) is 18.9 Å². The average Bonchev–Trinajstić information content (AvgIpc) is 2.78. The number of methoxy groups -OCH3 is 2. The third-order valence-corrected chi connectivity index (χ3v) is 3.23. The Bertz CT molecular complexity index is 576. The standard InChI is InChI=1S/C14H16O6/c1-7-12(17-3)10(6-19-8(2)15)9-5-20-14(16)11(9)13(7)18-4/h5-6H2,1-4H3. The van der Waals surface area contributed by atoms with Gasteiger partial charge in [0.1, 0.15) is 30.3 Å². The number of carbonyl (C=O) groups is 2. The van der Waals surface area contributed by atoms with Gasteiger partial charge in [-0.2, -0.15) is 0 Å². The molecule has 0 atom stereocenters. The Labute approximate surface area is 116 Å². The summed E-state index contributed by atoms with van der Waals surface area (Å²) in [5, 5.41) is 0. The summed E-state index contributed by atoms with van der Waals surface area (Å²) >= 11 is 0. The van der Waals surface area contributed by atoms with Crippen molar-refractivity contribution in [2.75, 3.05) is 14.2 Å². The lowest BCUT2D eigenvalue weighted by Gasteiger charge is -2.18. The maximum Gasteiger partial charge on any atom is 0.342 e. The topological polar surface area (TPSA) is 71.1 Å². The van der Waals surface area contributed by atoms with E-state index in [-0.39, 0.29) is 13.2 Å². The summed E-state index contributed by atoms with van der Waals surface area (Å²) in [5.41, 5.74) is 2.35. The van der Waals surface area contributed by atoms with Crippen LogP contribution in [0.1, 0.15) is 34.0 Å². The smallest absolute Gasteiger partial charge is 0.342 e. The van der Waals surface area contributed by atoms with E-state index in [0.717, 1.165) is 0 Å². The molecule has 0 saturated heterocycles. The van der Waals surface area contributed by atoms with Crippen LogP contribution in [0.2, 0.25) is 0 Å². The van der Waals surface area contributed by atoms with Gasteiger partial charge in [-0.25, -0.2) is 4.79 Å². The summed E-state index contributed by atoms with van der Waals surface area (Å²) in [6.45, 7) is 3.26. The summed E-state index contributed by atoms with van der Waals surface area (Å²) in [4.78, 5) is 22.8. The molecule has 20 heavy (non-hydrogen) atoms. The number of cyclic esters (lactones) is 1. The van der Waals surface area contributed by atoms with E-state index in [9.17, 15) is 9.59 Å². The van der Waals surface area contributed by atoms with E-state index in [0.29, 0.717) is 33.8 Å². The first kappa shape index (κ1) is 14.2. The molecule has 6 nitrogen and oxygen atoms in total. The van der Waals surface area contributed by atoms with Crippen molar-refractivity contribution in [1.29, 1.82) is 0 Å². The Morgan fingerprint density at radius 3 is 2.45 bits per heavy atom. The van der Waals surface area contributed by atoms with Crippen LogP contribution in [0.4, 0.5) is 0 Å². The predicted molar refractivity (Wildman–Crippen MR) is 68.9 cm³/mol. The molecule has 1 heterocycles. The molecule has 0 N–H and O–H groups in total. The van der Waals surface area contributed by atoms with Crippen molar-refractivity contribution in [3.63, 3.8) is 0 Å². The van der Waals surface area contributed by atoms with Gasteiger partial charge in [-0.3, -0.25) is 4.79 Å². The van der Waals surface area contributed by atoms with Gasteiger partial charge in [0.2, 0.25) is 0 Å². The van der Waals surface area contributed by atoms with Crippen LogP contribution in [0.3, 0.4) is 0 Å². The molecular weight excluding hydrogens is 264 g/mol. The zero-order chi connectivity index (χ0) is 14.9. The zero-order valence-electron chi connectivity index (χ0n) is 11.9. The van der Waals surface area contributed by atoms with Crippen LogP contribution >= 0.6 is 0 Å². The molecule has 1 aromatic carbocycles. The van der Waals surface area contributed by atoms with Crippen molar-refractivity contribution in [2.24, 2.45) is 0 Å². The lowest BCUT2D eigenvalue weighted by Crippen LogP contribution is -2.08. The molecule has 0 aliphatic carbocycles. The predicted octanol–water partition coefficient (Wildman–Crippen LogP) is 1.75. The van der Waals surface area contributed by atoms with Gasteiger partial charge in [-0.05, 0) is 6.92 Å². The number of esters is 2. The molecule has 0 aromatic heterocycles. The van der Waals surface area contributed by atoms with Crippen LogP contribution in [0.5, 0.6) is 11.5 Å². The number of benzene rings is 1. The number of hydrogen-bond donors (Lipinski definition) is 0. The summed E-state index contributed by atoms with van der Waals surface area (Å²) in [7, 11) is 3.00. The first-order valence-electron chi connectivity index (χ1n) is 6.08. The Kier molecular flexibility index (Phi) is 3.83. The van der Waals surface area contributed by atoms with E-state index < -0.39 is 11.9 Å². The van der Waals surface area contributed by atoms with Crippen molar-refractivity contribution >= 4 is 11.9 Å². The van der Waals surface area contributed by atoms with E-state index in [1.54, 1.807) is 6.92 Å². The van der Waals surface area contributed by atoms with E-state index >= 15 is 0 Å². The molecule has 0 amide bonds. The van der Waals surface area contributed by atoms with Gasteiger partial charge in [-0.15, -0.1) is 0 Å². The average molecular weight is 280 g/mol. The Morgan fingerprint density at radius 1 is 1.25 bits per heavy atom. The normalized spacial score (nSPS) is 12.7. The monoisotopic (exact) mass is 280 g/mol. The Morgan fingerprint density at radius 2 is 1.90 bits per heavy atom. The maximum absolute atomic E-state index is 11.8. The van der Waals surface area contributed by atoms with Crippen LogP contribution in [0.25, 0.3) is 0 Å². The fourth-order valence-corrected chi connectivity index (χ4v) is 2.38. The quantitative estimate of drug-likeness (QED) is 0.782. The number of rotatable bonds is 4. The highest BCUT2D eigenvalue weighted by molar-refractivity contribution is 5.98. The minimum Gasteiger partial charge on any atom is -0.496 e. The first-order valence-corrected chi connectivity index (χ1v) is 6.08. The van der Waals surface area contributed by atoms with Crippen molar-refractivity contribution in [1.82, 2.24) is 0 Å². The fraction of sp³-hybridized carbons (Fsp3) is 0.429. The lowest BCUT2D eigenvalue weighted by atomic mass is 9.97. The SMILES string of the molecule is COc1c(C)c(OC)c2c(c1COC(C)=O)COC2=O. The molecule has 6 heteroatoms. The van der Waals surface area contributed by atoms with Gasteiger partial charge < -0.3 is 18.9 Å². The van der Waals surface area contributed by atoms with Gasteiger partial charge in [-0.1, -0.05) is 0 Å². The lowest BCUT2D eigenvalue weighted by molar-refractivity contribution is -0.142. The van der Waals surface area contributed by atoms with Crippen LogP contribution < -0.4 is 9.47 Å². The maximum atomic E-state index is 11.8. The first-order chi connectivity index (χ1) is 9.51. The van der Waals surface area contributed by atoms with Gasteiger partial charge in [0.05, 0.1) is 14.2 Å². The molecule has 0 fully saturated rings. The summed E-state index contributed by atoms with van der Waals surface area (Å²) < 4.78 is 20.8. The molecule has 1 aromatic rings. The number of ether oxygens (including phenoxy) is 4. The number of fused-ring (bicyclic) bond motifs is 1. The molecule has 2 rings (SSSR count). The van der Waals surface area contributed by atoms with E-state index in [2.05, 4.69) is 0 Å². The molecule has 1 aliphatic heterocycles. The molecule has 0 radical (unpaired) electrons. The van der Waals surface area contributed by atoms with Crippen LogP contribution in [0.15, 0.2) is 0 Å². The Balaban J connectivity index is 2.63. The molecular formula is C14H16O6. The van der Waals surface area contributed by atoms with Crippen molar-refractivity contribution < 1.29 is 28.5 Å². The number of hydrogen-bond acceptors (Lipinski definition) is 6. The van der Waals surface area contributed by atoms with Gasteiger partial charge in [0.15, 0.2) is 0 Å². The highest BCUT2D eigenvalue weighted by Gasteiger charge is 2.33. The van der Waals surface area contributed by atoms with Crippen LogP contribution in [-0.4, -0.2) is 26.2 Å². The van der Waals surface area contributed by atoms with Gasteiger partial charge >= 0.3 is 11.9 Å². The van der Waals surface area contributed by atoms with Gasteiger partial charge in [0.25, 0.3) is 0 Å². The van der Waals surface area contributed by atoms with Crippen molar-refractivity contribution in [3.05, 3.63) is 22.3 Å². The highest BCUT2D eigenvalue weighted by Crippen LogP contribution is 2.42. The molecule has 0 spiro atoms. The molecule has 108 valence electrons. The van der Waals surface area contributed by atoms with Crippen molar-refractivity contribution in [2.45, 2.75) is 27.1 Å². The van der Waals surface area contributed by atoms with Crippen LogP contribution in [0, 0.1) is 6.92 Å². The van der Waals surface area contributed by atoms with E-state index in [1.165, 1.54) is 21.1 Å². The third-order valence-electron chi connectivity index (χ3n) is 3.23. The largest absolute Gasteiger partial charge is 0.496 e. The van der Waals surface area contributed by atoms with Crippen molar-refractivity contribution in [3.8, 4) is 11.5 Å². The third kappa shape index (κ3) is 2.17. The summed E-state index contributed by atoms with van der Waals surface area (Å²) in [6, 6.07) is 0. The molecule has 1 aliphatic rings. The second-order valence-corrected chi connectivity index (χ2v) is 4.38. The minimum absolute atomic E-state index is 0.0301. The minimum atomic E-state index is -0.438. The number of carbonyl (C=O) groups excluding carboxylic acids is 2. The molecule has 0 unspecified atom stereocenters. The highest BCUT2D eigenvalue weighted by atomic mass is 16.5. The van der Waals surface area contributed by atoms with E-state index in [1.807, 2.05) is 0 Å². The van der Waals surface area contributed by atoms with Crippen LogP contribution in [-0.2, 0) is 27.5 Å².